The van der Waals surface area contributed by atoms with Gasteiger partial charge in [-0.2, -0.15) is 5.10 Å². The van der Waals surface area contributed by atoms with E-state index in [0.717, 1.165) is 36.8 Å². The number of likely N-dealkylation sites (tertiary alicyclic amines) is 1. The van der Waals surface area contributed by atoms with E-state index in [2.05, 4.69) is 10.1 Å². The van der Waals surface area contributed by atoms with Crippen molar-refractivity contribution in [3.63, 3.8) is 0 Å². The Kier molecular flexibility index (Phi) is 4.63. The molecule has 26 heavy (non-hydrogen) atoms. The zero-order valence-corrected chi connectivity index (χ0v) is 15.2. The van der Waals surface area contributed by atoms with Gasteiger partial charge in [0.05, 0.1) is 12.1 Å². The van der Waals surface area contributed by atoms with Crippen LogP contribution in [0.1, 0.15) is 40.9 Å². The summed E-state index contributed by atoms with van der Waals surface area (Å²) in [7, 11) is 0. The van der Waals surface area contributed by atoms with Gasteiger partial charge < -0.3 is 14.4 Å². The second-order valence-electron chi connectivity index (χ2n) is 6.99. The van der Waals surface area contributed by atoms with Crippen molar-refractivity contribution in [1.82, 2.24) is 19.7 Å². The molecular weight excluding hydrogens is 332 g/mol. The second kappa shape index (κ2) is 7.07. The number of nitrogens with zero attached hydrogens (tertiary/aromatic N) is 4. The SMILES string of the molecule is Cc1nc(C)n(C2CN(C(=O)c3ccc(OCC4CCCO4)cc3)C2)n1. The molecule has 2 aliphatic rings. The molecule has 1 amide bonds. The van der Waals surface area contributed by atoms with Crippen LogP contribution < -0.4 is 4.74 Å². The molecule has 0 spiro atoms. The Balaban J connectivity index is 1.30. The number of rotatable bonds is 5. The number of amides is 1. The lowest BCUT2D eigenvalue weighted by Gasteiger charge is -2.39. The summed E-state index contributed by atoms with van der Waals surface area (Å²) in [6, 6.07) is 7.57. The first-order valence-corrected chi connectivity index (χ1v) is 9.13. The Labute approximate surface area is 152 Å². The second-order valence-corrected chi connectivity index (χ2v) is 6.99. The summed E-state index contributed by atoms with van der Waals surface area (Å²) < 4.78 is 13.2. The summed E-state index contributed by atoms with van der Waals surface area (Å²) in [4.78, 5) is 18.8. The van der Waals surface area contributed by atoms with Gasteiger partial charge in [0, 0.05) is 25.3 Å². The average molecular weight is 356 g/mol. The maximum atomic E-state index is 12.6. The van der Waals surface area contributed by atoms with E-state index in [9.17, 15) is 4.79 Å². The average Bonchev–Trinajstić information content (AvgIpc) is 3.22. The highest BCUT2D eigenvalue weighted by molar-refractivity contribution is 5.94. The third kappa shape index (κ3) is 3.44. The van der Waals surface area contributed by atoms with Gasteiger partial charge in [0.15, 0.2) is 0 Å². The number of hydrogen-bond acceptors (Lipinski definition) is 5. The molecular formula is C19H24N4O3. The largest absolute Gasteiger partial charge is 0.491 e. The van der Waals surface area contributed by atoms with Crippen LogP contribution in [-0.2, 0) is 4.74 Å². The van der Waals surface area contributed by atoms with Gasteiger partial charge in [0.1, 0.15) is 24.0 Å². The van der Waals surface area contributed by atoms with E-state index in [0.29, 0.717) is 25.3 Å². The normalized spacial score (nSPS) is 20.2. The predicted octanol–water partition coefficient (Wildman–Crippen LogP) is 2.15. The molecule has 1 unspecified atom stereocenters. The number of carbonyl (C=O) groups excluding carboxylic acids is 1. The highest BCUT2D eigenvalue weighted by atomic mass is 16.5. The van der Waals surface area contributed by atoms with Gasteiger partial charge >= 0.3 is 0 Å². The van der Waals surface area contributed by atoms with Crippen molar-refractivity contribution in [1.29, 1.82) is 0 Å². The summed E-state index contributed by atoms with van der Waals surface area (Å²) in [5, 5.41) is 4.40. The van der Waals surface area contributed by atoms with Gasteiger partial charge in [-0.25, -0.2) is 9.67 Å². The van der Waals surface area contributed by atoms with Crippen molar-refractivity contribution in [2.45, 2.75) is 38.8 Å². The van der Waals surface area contributed by atoms with Crippen molar-refractivity contribution >= 4 is 5.91 Å². The van der Waals surface area contributed by atoms with Crippen molar-refractivity contribution < 1.29 is 14.3 Å². The summed E-state index contributed by atoms with van der Waals surface area (Å²) in [6.45, 7) is 6.55. The topological polar surface area (TPSA) is 69.5 Å². The Hall–Kier alpha value is -2.41. The number of hydrogen-bond donors (Lipinski definition) is 0. The van der Waals surface area contributed by atoms with Crippen LogP contribution >= 0.6 is 0 Å². The molecule has 0 bridgehead atoms. The van der Waals surface area contributed by atoms with E-state index < -0.39 is 0 Å². The highest BCUT2D eigenvalue weighted by Gasteiger charge is 2.34. The fraction of sp³-hybridized carbons (Fsp3) is 0.526. The number of benzene rings is 1. The van der Waals surface area contributed by atoms with Crippen molar-refractivity contribution in [3.8, 4) is 5.75 Å². The van der Waals surface area contributed by atoms with Crippen LogP contribution in [0.3, 0.4) is 0 Å². The lowest BCUT2D eigenvalue weighted by atomic mass is 10.1. The fourth-order valence-electron chi connectivity index (χ4n) is 3.50. The Morgan fingerprint density at radius 1 is 1.27 bits per heavy atom. The minimum atomic E-state index is 0.0430. The summed E-state index contributed by atoms with van der Waals surface area (Å²) in [6.07, 6.45) is 2.35. The van der Waals surface area contributed by atoms with Gasteiger partial charge in [-0.3, -0.25) is 4.79 Å². The van der Waals surface area contributed by atoms with Gasteiger partial charge in [0.25, 0.3) is 5.91 Å². The minimum absolute atomic E-state index is 0.0430. The molecule has 138 valence electrons. The van der Waals surface area contributed by atoms with Crippen molar-refractivity contribution in [3.05, 3.63) is 41.5 Å². The number of ether oxygens (including phenoxy) is 2. The molecule has 1 aromatic carbocycles. The molecule has 0 radical (unpaired) electrons. The quantitative estimate of drug-likeness (QED) is 0.821. The number of carbonyl (C=O) groups is 1. The van der Waals surface area contributed by atoms with Gasteiger partial charge in [-0.1, -0.05) is 0 Å². The maximum absolute atomic E-state index is 12.6. The standard InChI is InChI=1S/C19H24N4O3/c1-13-20-14(2)23(21-13)16-10-22(11-16)19(24)15-5-7-17(8-6-15)26-12-18-4-3-9-25-18/h5-8,16,18H,3-4,9-12H2,1-2H3. The van der Waals surface area contributed by atoms with Crippen LogP contribution in [0, 0.1) is 13.8 Å². The van der Waals surface area contributed by atoms with Crippen molar-refractivity contribution in [2.24, 2.45) is 0 Å². The summed E-state index contributed by atoms with van der Waals surface area (Å²) in [5.41, 5.74) is 0.680. The van der Waals surface area contributed by atoms with E-state index in [1.165, 1.54) is 0 Å². The molecule has 2 aromatic rings. The smallest absolute Gasteiger partial charge is 0.254 e. The predicted molar refractivity (Wildman–Crippen MR) is 95.3 cm³/mol. The van der Waals surface area contributed by atoms with E-state index in [1.54, 1.807) is 0 Å². The van der Waals surface area contributed by atoms with Crippen LogP contribution in [0.2, 0.25) is 0 Å². The summed E-state index contributed by atoms with van der Waals surface area (Å²) >= 11 is 0. The molecule has 7 heteroatoms. The van der Waals surface area contributed by atoms with Crippen LogP contribution in [-0.4, -0.2) is 58.0 Å². The minimum Gasteiger partial charge on any atom is -0.491 e. The van der Waals surface area contributed by atoms with E-state index >= 15 is 0 Å². The number of aromatic nitrogens is 3. The van der Waals surface area contributed by atoms with E-state index in [-0.39, 0.29) is 18.1 Å². The first-order chi connectivity index (χ1) is 12.6. The van der Waals surface area contributed by atoms with Gasteiger partial charge in [-0.15, -0.1) is 0 Å². The number of aryl methyl sites for hydroxylation is 2. The molecule has 2 saturated heterocycles. The zero-order valence-electron chi connectivity index (χ0n) is 15.2. The highest BCUT2D eigenvalue weighted by Crippen LogP contribution is 2.24. The molecule has 4 rings (SSSR count). The monoisotopic (exact) mass is 356 g/mol. The maximum Gasteiger partial charge on any atom is 0.254 e. The lowest BCUT2D eigenvalue weighted by molar-refractivity contribution is 0.0496. The molecule has 1 aromatic heterocycles. The summed E-state index contributed by atoms with van der Waals surface area (Å²) in [5.74, 6) is 2.48. The molecule has 7 nitrogen and oxygen atoms in total. The van der Waals surface area contributed by atoms with E-state index in [1.807, 2.05) is 47.7 Å². The zero-order chi connectivity index (χ0) is 18.1. The molecule has 3 heterocycles. The Morgan fingerprint density at radius 3 is 2.65 bits per heavy atom. The van der Waals surface area contributed by atoms with Crippen LogP contribution in [0.15, 0.2) is 24.3 Å². The van der Waals surface area contributed by atoms with Crippen LogP contribution in [0.5, 0.6) is 5.75 Å². The van der Waals surface area contributed by atoms with Crippen LogP contribution in [0.4, 0.5) is 0 Å². The van der Waals surface area contributed by atoms with Crippen LogP contribution in [0.25, 0.3) is 0 Å². The molecule has 0 aliphatic carbocycles. The van der Waals surface area contributed by atoms with Crippen molar-refractivity contribution in [2.75, 3.05) is 26.3 Å². The van der Waals surface area contributed by atoms with Gasteiger partial charge in [0.2, 0.25) is 0 Å². The third-order valence-electron chi connectivity index (χ3n) is 4.96. The Morgan fingerprint density at radius 2 is 2.04 bits per heavy atom. The molecule has 0 N–H and O–H groups in total. The van der Waals surface area contributed by atoms with E-state index in [4.69, 9.17) is 9.47 Å². The first kappa shape index (κ1) is 17.0. The van der Waals surface area contributed by atoms with Gasteiger partial charge in [-0.05, 0) is 51.0 Å². The molecule has 2 fully saturated rings. The third-order valence-corrected chi connectivity index (χ3v) is 4.96. The first-order valence-electron chi connectivity index (χ1n) is 9.13. The molecule has 0 saturated carbocycles. The fourth-order valence-corrected chi connectivity index (χ4v) is 3.50. The lowest BCUT2D eigenvalue weighted by Crippen LogP contribution is -2.51. The Bertz CT molecular complexity index is 775. The molecule has 1 atom stereocenters. The molecule has 2 aliphatic heterocycles.